The maximum Gasteiger partial charge on any atom is 0.233 e. The standard InChI is InChI=1S/C7H17N3O/c1-2-10-7(11)6-9-5-3-4-8/h9H,2-6,8H2,1H3,(H,10,11). The second-order valence-electron chi connectivity index (χ2n) is 2.27. The van der Waals surface area contributed by atoms with E-state index in [-0.39, 0.29) is 5.91 Å². The Labute approximate surface area is 67.5 Å². The molecule has 0 aromatic heterocycles. The van der Waals surface area contributed by atoms with Crippen LogP contribution in [0.5, 0.6) is 0 Å². The van der Waals surface area contributed by atoms with Gasteiger partial charge in [0.2, 0.25) is 5.91 Å². The van der Waals surface area contributed by atoms with E-state index in [9.17, 15) is 4.79 Å². The number of nitrogens with two attached hydrogens (primary N) is 1. The predicted molar refractivity (Wildman–Crippen MR) is 45.2 cm³/mol. The van der Waals surface area contributed by atoms with Crippen molar-refractivity contribution < 1.29 is 4.79 Å². The molecule has 0 heterocycles. The lowest BCUT2D eigenvalue weighted by Crippen LogP contribution is -2.34. The van der Waals surface area contributed by atoms with Crippen LogP contribution in [0.25, 0.3) is 0 Å². The molecular weight excluding hydrogens is 142 g/mol. The molecule has 0 aliphatic heterocycles. The Hall–Kier alpha value is -0.610. The largest absolute Gasteiger partial charge is 0.355 e. The van der Waals surface area contributed by atoms with Gasteiger partial charge in [0.25, 0.3) is 0 Å². The third-order valence-electron chi connectivity index (χ3n) is 1.22. The van der Waals surface area contributed by atoms with Crippen LogP contribution in [0.2, 0.25) is 0 Å². The lowest BCUT2D eigenvalue weighted by Gasteiger charge is -2.02. The first-order chi connectivity index (χ1) is 5.31. The van der Waals surface area contributed by atoms with Crippen LogP contribution in [0.15, 0.2) is 0 Å². The first kappa shape index (κ1) is 10.4. The minimum atomic E-state index is 0.0459. The zero-order valence-electron chi connectivity index (χ0n) is 7.02. The van der Waals surface area contributed by atoms with E-state index in [1.54, 1.807) is 0 Å². The second-order valence-corrected chi connectivity index (χ2v) is 2.27. The van der Waals surface area contributed by atoms with Crippen molar-refractivity contribution in [1.29, 1.82) is 0 Å². The van der Waals surface area contributed by atoms with Crippen LogP contribution < -0.4 is 16.4 Å². The van der Waals surface area contributed by atoms with Gasteiger partial charge in [0, 0.05) is 6.54 Å². The Bertz CT molecular complexity index is 106. The number of carbonyl (C=O) groups excluding carboxylic acids is 1. The summed E-state index contributed by atoms with van der Waals surface area (Å²) in [6, 6.07) is 0. The van der Waals surface area contributed by atoms with Gasteiger partial charge in [0.05, 0.1) is 6.54 Å². The van der Waals surface area contributed by atoms with Gasteiger partial charge < -0.3 is 16.4 Å². The lowest BCUT2D eigenvalue weighted by atomic mass is 10.4. The molecule has 0 atom stereocenters. The molecule has 4 N–H and O–H groups in total. The summed E-state index contributed by atoms with van der Waals surface area (Å²) >= 11 is 0. The van der Waals surface area contributed by atoms with Gasteiger partial charge in [-0.15, -0.1) is 0 Å². The average Bonchev–Trinajstić information content (AvgIpc) is 1.99. The fraction of sp³-hybridized carbons (Fsp3) is 0.857. The first-order valence-electron chi connectivity index (χ1n) is 3.98. The molecule has 0 aliphatic carbocycles. The summed E-state index contributed by atoms with van der Waals surface area (Å²) in [5, 5.41) is 5.67. The Kier molecular flexibility index (Phi) is 7.08. The number of likely N-dealkylation sites (N-methyl/N-ethyl adjacent to an activating group) is 1. The van der Waals surface area contributed by atoms with Crippen molar-refractivity contribution in [1.82, 2.24) is 10.6 Å². The van der Waals surface area contributed by atoms with Crippen LogP contribution in [0.1, 0.15) is 13.3 Å². The number of amides is 1. The van der Waals surface area contributed by atoms with E-state index >= 15 is 0 Å². The molecule has 0 aromatic rings. The van der Waals surface area contributed by atoms with E-state index in [0.29, 0.717) is 19.6 Å². The zero-order valence-corrected chi connectivity index (χ0v) is 7.02. The fourth-order valence-electron chi connectivity index (χ4n) is 0.689. The highest BCUT2D eigenvalue weighted by Crippen LogP contribution is 1.69. The van der Waals surface area contributed by atoms with Crippen molar-refractivity contribution in [3.63, 3.8) is 0 Å². The predicted octanol–water partition coefficient (Wildman–Crippen LogP) is -0.939. The molecule has 11 heavy (non-hydrogen) atoms. The molecule has 0 bridgehead atoms. The van der Waals surface area contributed by atoms with Crippen molar-refractivity contribution in [2.24, 2.45) is 5.73 Å². The maximum absolute atomic E-state index is 10.8. The van der Waals surface area contributed by atoms with E-state index in [2.05, 4.69) is 10.6 Å². The topological polar surface area (TPSA) is 67.2 Å². The minimum absolute atomic E-state index is 0.0459. The molecule has 1 amide bonds. The summed E-state index contributed by atoms with van der Waals surface area (Å²) in [5.41, 5.74) is 5.26. The second kappa shape index (κ2) is 7.50. The minimum Gasteiger partial charge on any atom is -0.355 e. The Morgan fingerprint density at radius 2 is 2.27 bits per heavy atom. The Balaban J connectivity index is 3.04. The highest BCUT2D eigenvalue weighted by Gasteiger charge is 1.95. The summed E-state index contributed by atoms with van der Waals surface area (Å²) in [4.78, 5) is 10.8. The number of hydrogen-bond donors (Lipinski definition) is 3. The molecule has 0 spiro atoms. The average molecular weight is 159 g/mol. The third-order valence-corrected chi connectivity index (χ3v) is 1.22. The van der Waals surface area contributed by atoms with Gasteiger partial charge in [-0.3, -0.25) is 4.79 Å². The molecule has 0 saturated heterocycles. The summed E-state index contributed by atoms with van der Waals surface area (Å²) in [6.45, 7) is 4.47. The van der Waals surface area contributed by atoms with Crippen LogP contribution in [0.4, 0.5) is 0 Å². The van der Waals surface area contributed by atoms with Crippen molar-refractivity contribution in [3.8, 4) is 0 Å². The van der Waals surface area contributed by atoms with E-state index in [4.69, 9.17) is 5.73 Å². The number of nitrogens with one attached hydrogen (secondary N) is 2. The molecular formula is C7H17N3O. The van der Waals surface area contributed by atoms with Crippen molar-refractivity contribution in [3.05, 3.63) is 0 Å². The molecule has 4 nitrogen and oxygen atoms in total. The van der Waals surface area contributed by atoms with Gasteiger partial charge >= 0.3 is 0 Å². The van der Waals surface area contributed by atoms with E-state index in [1.165, 1.54) is 0 Å². The fourth-order valence-corrected chi connectivity index (χ4v) is 0.689. The monoisotopic (exact) mass is 159 g/mol. The normalized spacial score (nSPS) is 9.64. The number of hydrogen-bond acceptors (Lipinski definition) is 3. The molecule has 0 aromatic carbocycles. The number of carbonyl (C=O) groups is 1. The smallest absolute Gasteiger partial charge is 0.233 e. The lowest BCUT2D eigenvalue weighted by molar-refractivity contribution is -0.120. The van der Waals surface area contributed by atoms with Gasteiger partial charge in [-0.2, -0.15) is 0 Å². The molecule has 0 aliphatic rings. The Morgan fingerprint density at radius 1 is 1.55 bits per heavy atom. The molecule has 0 unspecified atom stereocenters. The van der Waals surface area contributed by atoms with Crippen molar-refractivity contribution in [2.75, 3.05) is 26.2 Å². The number of rotatable bonds is 6. The SMILES string of the molecule is CCNC(=O)CNCCCN. The molecule has 0 radical (unpaired) electrons. The van der Waals surface area contributed by atoms with Crippen LogP contribution in [0, 0.1) is 0 Å². The van der Waals surface area contributed by atoms with Gasteiger partial charge in [-0.05, 0) is 26.4 Å². The molecule has 0 saturated carbocycles. The maximum atomic E-state index is 10.8. The molecule has 4 heteroatoms. The van der Waals surface area contributed by atoms with Gasteiger partial charge in [-0.1, -0.05) is 0 Å². The first-order valence-corrected chi connectivity index (χ1v) is 3.98. The van der Waals surface area contributed by atoms with Crippen LogP contribution in [0.3, 0.4) is 0 Å². The summed E-state index contributed by atoms with van der Waals surface area (Å²) < 4.78 is 0. The molecule has 66 valence electrons. The quantitative estimate of drug-likeness (QED) is 0.438. The zero-order chi connectivity index (χ0) is 8.53. The van der Waals surface area contributed by atoms with Gasteiger partial charge in [-0.25, -0.2) is 0 Å². The van der Waals surface area contributed by atoms with E-state index in [1.807, 2.05) is 6.92 Å². The van der Waals surface area contributed by atoms with Crippen molar-refractivity contribution in [2.45, 2.75) is 13.3 Å². The van der Waals surface area contributed by atoms with Gasteiger partial charge in [0.15, 0.2) is 0 Å². The summed E-state index contributed by atoms with van der Waals surface area (Å²) in [6.07, 6.45) is 0.916. The van der Waals surface area contributed by atoms with E-state index < -0.39 is 0 Å². The van der Waals surface area contributed by atoms with Gasteiger partial charge in [0.1, 0.15) is 0 Å². The molecule has 0 rings (SSSR count). The van der Waals surface area contributed by atoms with Crippen LogP contribution >= 0.6 is 0 Å². The Morgan fingerprint density at radius 3 is 2.82 bits per heavy atom. The van der Waals surface area contributed by atoms with E-state index in [0.717, 1.165) is 13.0 Å². The third kappa shape index (κ3) is 7.29. The van der Waals surface area contributed by atoms with Crippen LogP contribution in [-0.2, 0) is 4.79 Å². The summed E-state index contributed by atoms with van der Waals surface area (Å²) in [5.74, 6) is 0.0459. The van der Waals surface area contributed by atoms with Crippen molar-refractivity contribution >= 4 is 5.91 Å². The van der Waals surface area contributed by atoms with Crippen LogP contribution in [-0.4, -0.2) is 32.1 Å². The molecule has 0 fully saturated rings. The highest BCUT2D eigenvalue weighted by atomic mass is 16.1. The summed E-state index contributed by atoms with van der Waals surface area (Å²) in [7, 11) is 0. The highest BCUT2D eigenvalue weighted by molar-refractivity contribution is 5.77.